The Bertz CT molecular complexity index is 2410. The Morgan fingerprint density at radius 2 is 1.75 bits per heavy atom. The molecule has 14 nitrogen and oxygen atoms in total. The van der Waals surface area contributed by atoms with Crippen LogP contribution >= 0.6 is 0 Å². The summed E-state index contributed by atoms with van der Waals surface area (Å²) in [7, 11) is -8.82. The molecular weight excluding hydrogens is 743 g/mol. The van der Waals surface area contributed by atoms with Gasteiger partial charge in [0.05, 0.1) is 12.2 Å². The van der Waals surface area contributed by atoms with E-state index in [9.17, 15) is 21.6 Å². The third kappa shape index (κ3) is 6.30. The highest BCUT2D eigenvalue weighted by atomic mass is 32.2. The second kappa shape index (κ2) is 12.7. The van der Waals surface area contributed by atoms with Crippen molar-refractivity contribution in [2.24, 2.45) is 22.7 Å². The highest BCUT2D eigenvalue weighted by molar-refractivity contribution is 7.90. The van der Waals surface area contributed by atoms with E-state index in [0.717, 1.165) is 31.2 Å². The quantitative estimate of drug-likeness (QED) is 0.211. The fourth-order valence-corrected chi connectivity index (χ4v) is 11.7. The van der Waals surface area contributed by atoms with Gasteiger partial charge in [-0.1, -0.05) is 18.2 Å². The Morgan fingerprint density at radius 1 is 0.982 bits per heavy atom. The van der Waals surface area contributed by atoms with Crippen molar-refractivity contribution in [1.82, 2.24) is 24.5 Å². The minimum atomic E-state index is -4.55. The number of benzene rings is 1. The monoisotopic (exact) mass is 787 g/mol. The summed E-state index contributed by atoms with van der Waals surface area (Å²) in [6, 6.07) is 13.7. The zero-order valence-electron chi connectivity index (χ0n) is 31.1. The third-order valence-electron chi connectivity index (χ3n) is 12.6. The van der Waals surface area contributed by atoms with Crippen molar-refractivity contribution < 1.29 is 30.6 Å². The van der Waals surface area contributed by atoms with Crippen LogP contribution in [0.3, 0.4) is 0 Å². The molecule has 1 atom stereocenters. The first-order valence-electron chi connectivity index (χ1n) is 19.0. The van der Waals surface area contributed by atoms with Gasteiger partial charge in [0, 0.05) is 30.9 Å². The van der Waals surface area contributed by atoms with E-state index in [1.54, 1.807) is 48.1 Å². The summed E-state index contributed by atoms with van der Waals surface area (Å²) in [5.41, 5.74) is 1.42. The number of fused-ring (bicyclic) bond motifs is 7. The number of rotatable bonds is 8. The lowest BCUT2D eigenvalue weighted by Crippen LogP contribution is -2.41. The molecule has 1 unspecified atom stereocenters. The van der Waals surface area contributed by atoms with Crippen LogP contribution in [0.25, 0.3) is 5.82 Å². The van der Waals surface area contributed by atoms with Crippen LogP contribution < -0.4 is 23.9 Å². The number of nitrogens with one attached hydrogen (secondary N) is 2. The van der Waals surface area contributed by atoms with Crippen LogP contribution in [0.1, 0.15) is 81.1 Å². The van der Waals surface area contributed by atoms with Gasteiger partial charge in [-0.3, -0.25) is 4.79 Å². The van der Waals surface area contributed by atoms with E-state index in [4.69, 9.17) is 13.9 Å². The molecule has 4 aromatic rings. The summed E-state index contributed by atoms with van der Waals surface area (Å²) in [5.74, 6) is 1.21. The minimum Gasteiger partial charge on any atom is -0.477 e. The van der Waals surface area contributed by atoms with E-state index in [1.807, 2.05) is 6.07 Å². The zero-order chi connectivity index (χ0) is 38.4. The molecule has 3 aromatic heterocycles. The number of anilines is 2. The van der Waals surface area contributed by atoms with Crippen LogP contribution in [0.2, 0.25) is 0 Å². The molecule has 3 aliphatic carbocycles. The smallest absolute Gasteiger partial charge is 0.339 e. The summed E-state index contributed by atoms with van der Waals surface area (Å²) in [6.07, 6.45) is 10.6. The van der Waals surface area contributed by atoms with Gasteiger partial charge in [0.25, 0.3) is 15.9 Å². The lowest BCUT2D eigenvalue weighted by atomic mass is 9.93. The number of carbonyl (C=O) groups is 1. The molecule has 4 fully saturated rings. The normalized spacial score (nSPS) is 22.9. The van der Waals surface area contributed by atoms with Crippen molar-refractivity contribution in [3.05, 3.63) is 71.9 Å². The maximum absolute atomic E-state index is 14.0. The fourth-order valence-electron chi connectivity index (χ4n) is 9.65. The molecule has 2 spiro atoms. The van der Waals surface area contributed by atoms with Crippen molar-refractivity contribution in [3.8, 4) is 17.4 Å². The predicted octanol–water partition coefficient (Wildman–Crippen LogP) is 5.63. The van der Waals surface area contributed by atoms with E-state index >= 15 is 0 Å². The topological polar surface area (TPSA) is 175 Å². The zero-order valence-corrected chi connectivity index (χ0v) is 32.7. The largest absolute Gasteiger partial charge is 0.477 e. The first-order chi connectivity index (χ1) is 26.2. The maximum Gasteiger partial charge on any atom is 0.339 e. The van der Waals surface area contributed by atoms with Crippen LogP contribution in [0.4, 0.5) is 11.6 Å². The van der Waals surface area contributed by atoms with E-state index in [-0.39, 0.29) is 27.9 Å². The average molecular weight is 788 g/mol. The van der Waals surface area contributed by atoms with Crippen molar-refractivity contribution in [2.75, 3.05) is 29.9 Å². The second-order valence-corrected chi connectivity index (χ2v) is 19.6. The molecule has 5 heterocycles. The Balaban J connectivity index is 0.992. The summed E-state index contributed by atoms with van der Waals surface area (Å²) in [6.45, 7) is 7.41. The van der Waals surface area contributed by atoms with Gasteiger partial charge in [-0.25, -0.2) is 19.4 Å². The molecule has 290 valence electrons. The summed E-state index contributed by atoms with van der Waals surface area (Å²) >= 11 is 0. The van der Waals surface area contributed by atoms with E-state index in [1.165, 1.54) is 37.8 Å². The van der Waals surface area contributed by atoms with E-state index < -0.39 is 36.6 Å². The van der Waals surface area contributed by atoms with Gasteiger partial charge in [-0.05, 0) is 131 Å². The maximum atomic E-state index is 14.0. The molecule has 1 aromatic carbocycles. The SMILES string of the molecule is Cc1ccccc1S(=O)(=O)Oc1ccc2nc1NCCCC1CN(c3nc(-n4ccc(OCCC5C6(CC6)C56CC6)n4)ccc3C(=O)NS2(=O)=O)C(C)(C)C1. The molecular formula is C39H45N7O7S2. The van der Waals surface area contributed by atoms with Crippen molar-refractivity contribution in [2.45, 2.75) is 87.6 Å². The first-order valence-corrected chi connectivity index (χ1v) is 21.9. The van der Waals surface area contributed by atoms with Gasteiger partial charge in [-0.2, -0.15) is 16.8 Å². The number of sulfonamides is 1. The van der Waals surface area contributed by atoms with Crippen LogP contribution in [-0.2, 0) is 20.1 Å². The molecule has 1 saturated heterocycles. The predicted molar refractivity (Wildman–Crippen MR) is 203 cm³/mol. The summed E-state index contributed by atoms with van der Waals surface area (Å²) < 4.78 is 69.4. The lowest BCUT2D eigenvalue weighted by Gasteiger charge is -2.34. The average Bonchev–Trinajstić information content (AvgIpc) is 4.09. The van der Waals surface area contributed by atoms with Gasteiger partial charge in [0.1, 0.15) is 10.7 Å². The number of carbonyl (C=O) groups excluding carboxylic acids is 1. The fraction of sp³-hybridized carbons (Fsp3) is 0.487. The Morgan fingerprint density at radius 3 is 2.49 bits per heavy atom. The van der Waals surface area contributed by atoms with Crippen molar-refractivity contribution in [3.63, 3.8) is 0 Å². The minimum absolute atomic E-state index is 0.0187. The molecule has 0 radical (unpaired) electrons. The molecule has 55 heavy (non-hydrogen) atoms. The molecule has 16 heteroatoms. The second-order valence-electron chi connectivity index (χ2n) is 16.4. The number of aromatic nitrogens is 4. The standard InChI is InChI=1S/C39H45N7O7S2/c1-25-7-4-5-9-29(25)55(50,51)53-28-11-13-33-42-34(28)40-20-6-8-26-23-37(2,3)45(24-26)35-27(36(47)44-54(33,48)49)10-12-31(41-35)46-21-14-32(43-46)52-22-15-30-38(16-17-38)39(30)18-19-39/h4-5,7,9-14,21,26,30H,6,8,15-20,22-24H2,1-3H3,(H,40,42)(H,44,47). The van der Waals surface area contributed by atoms with Gasteiger partial charge in [0.2, 0.25) is 5.88 Å². The van der Waals surface area contributed by atoms with E-state index in [0.29, 0.717) is 60.0 Å². The first kappa shape index (κ1) is 36.0. The van der Waals surface area contributed by atoms with Gasteiger partial charge in [0.15, 0.2) is 22.4 Å². The summed E-state index contributed by atoms with van der Waals surface area (Å²) in [5, 5.41) is 7.25. The van der Waals surface area contributed by atoms with Gasteiger partial charge >= 0.3 is 10.1 Å². The third-order valence-corrected chi connectivity index (χ3v) is 15.2. The number of hydrogen-bond acceptors (Lipinski definition) is 12. The number of ether oxygens (including phenoxy) is 1. The van der Waals surface area contributed by atoms with Crippen LogP contribution in [-0.4, -0.2) is 67.7 Å². The van der Waals surface area contributed by atoms with E-state index in [2.05, 4.69) is 38.9 Å². The number of pyridine rings is 2. The molecule has 9 rings (SSSR count). The van der Waals surface area contributed by atoms with Gasteiger partial charge < -0.3 is 19.1 Å². The Labute approximate surface area is 321 Å². The van der Waals surface area contributed by atoms with Crippen LogP contribution in [0.5, 0.6) is 11.6 Å². The molecule has 5 aliphatic rings. The number of aryl methyl sites for hydroxylation is 1. The Hall–Kier alpha value is -4.70. The number of hydrogen-bond donors (Lipinski definition) is 2. The molecule has 3 saturated carbocycles. The van der Waals surface area contributed by atoms with Crippen LogP contribution in [0, 0.1) is 29.6 Å². The van der Waals surface area contributed by atoms with Crippen molar-refractivity contribution in [1.29, 1.82) is 0 Å². The summed E-state index contributed by atoms with van der Waals surface area (Å²) in [4.78, 5) is 25.2. The highest BCUT2D eigenvalue weighted by Crippen LogP contribution is 2.93. The molecule has 1 amide bonds. The molecule has 2 N–H and O–H groups in total. The lowest BCUT2D eigenvalue weighted by molar-refractivity contribution is 0.0981. The Kier molecular flexibility index (Phi) is 8.28. The molecule has 2 aliphatic heterocycles. The number of amides is 1. The highest BCUT2D eigenvalue weighted by Gasteiger charge is 2.85. The van der Waals surface area contributed by atoms with Crippen molar-refractivity contribution >= 4 is 37.7 Å². The molecule has 4 bridgehead atoms. The number of nitrogens with zero attached hydrogens (tertiary/aromatic N) is 5. The van der Waals surface area contributed by atoms with Gasteiger partial charge in [-0.15, -0.1) is 5.10 Å². The van der Waals surface area contributed by atoms with Crippen LogP contribution in [0.15, 0.2) is 70.7 Å².